The highest BCUT2D eigenvalue weighted by atomic mass is 35.5. The second-order valence-corrected chi connectivity index (χ2v) is 9.76. The molecular weight excluding hydrogens is 444 g/mol. The molecule has 1 aromatic carbocycles. The van der Waals surface area contributed by atoms with E-state index >= 15 is 0 Å². The molecule has 176 valence electrons. The molecule has 6 nitrogen and oxygen atoms in total. The van der Waals surface area contributed by atoms with Crippen LogP contribution in [0.3, 0.4) is 0 Å². The quantitative estimate of drug-likeness (QED) is 0.394. The number of rotatable bonds is 7. The maximum Gasteiger partial charge on any atom is 0.0897 e. The first-order valence-corrected chi connectivity index (χ1v) is 12.5. The fraction of sp³-hybridized carbons (Fsp3) is 0.370. The fourth-order valence-corrected chi connectivity index (χ4v) is 4.88. The van der Waals surface area contributed by atoms with Crippen molar-refractivity contribution in [3.05, 3.63) is 65.4 Å². The molecule has 4 aromatic rings. The average molecular weight is 475 g/mol. The third-order valence-corrected chi connectivity index (χ3v) is 6.93. The molecule has 1 saturated heterocycles. The van der Waals surface area contributed by atoms with Crippen LogP contribution in [0, 0.1) is 0 Å². The molecule has 0 spiro atoms. The van der Waals surface area contributed by atoms with Crippen LogP contribution in [0.5, 0.6) is 0 Å². The van der Waals surface area contributed by atoms with Gasteiger partial charge in [-0.2, -0.15) is 5.10 Å². The summed E-state index contributed by atoms with van der Waals surface area (Å²) in [5.74, 6) is 0. The summed E-state index contributed by atoms with van der Waals surface area (Å²) in [6.07, 6.45) is 5.96. The van der Waals surface area contributed by atoms with Gasteiger partial charge < -0.3 is 4.90 Å². The SMILES string of the molecule is CC(C)N1CCN(CCCc2cnc3ccc(-c4cn[nH]c4-c4cccc(Cl)c4)nc3c2)CC1. The van der Waals surface area contributed by atoms with Crippen molar-refractivity contribution in [3.8, 4) is 22.5 Å². The summed E-state index contributed by atoms with van der Waals surface area (Å²) in [5, 5.41) is 8.07. The minimum Gasteiger partial charge on any atom is -0.301 e. The summed E-state index contributed by atoms with van der Waals surface area (Å²) in [4.78, 5) is 14.7. The average Bonchev–Trinajstić information content (AvgIpc) is 3.34. The van der Waals surface area contributed by atoms with Gasteiger partial charge in [0.25, 0.3) is 0 Å². The van der Waals surface area contributed by atoms with Gasteiger partial charge in [-0.05, 0) is 69.1 Å². The Hall–Kier alpha value is -2.80. The minimum atomic E-state index is 0.645. The van der Waals surface area contributed by atoms with Gasteiger partial charge in [0.2, 0.25) is 0 Å². The Bertz CT molecular complexity index is 1260. The Labute approximate surface area is 206 Å². The van der Waals surface area contributed by atoms with E-state index in [-0.39, 0.29) is 0 Å². The molecule has 1 aliphatic rings. The summed E-state index contributed by atoms with van der Waals surface area (Å²) in [5.41, 5.74) is 6.79. The Morgan fingerprint density at radius 1 is 1.00 bits per heavy atom. The summed E-state index contributed by atoms with van der Waals surface area (Å²) in [6.45, 7) is 10.4. The number of halogens is 1. The molecule has 7 heteroatoms. The highest BCUT2D eigenvalue weighted by molar-refractivity contribution is 6.30. The molecule has 0 amide bonds. The van der Waals surface area contributed by atoms with Gasteiger partial charge in [0.05, 0.1) is 28.6 Å². The monoisotopic (exact) mass is 474 g/mol. The van der Waals surface area contributed by atoms with Gasteiger partial charge in [-0.25, -0.2) is 4.98 Å². The van der Waals surface area contributed by atoms with Crippen LogP contribution >= 0.6 is 11.6 Å². The van der Waals surface area contributed by atoms with Gasteiger partial charge in [0, 0.05) is 54.6 Å². The smallest absolute Gasteiger partial charge is 0.0897 e. The third kappa shape index (κ3) is 5.14. The largest absolute Gasteiger partial charge is 0.301 e. The van der Waals surface area contributed by atoms with Gasteiger partial charge in [-0.3, -0.25) is 15.0 Å². The molecule has 1 N–H and O–H groups in total. The first-order valence-electron chi connectivity index (χ1n) is 12.1. The Morgan fingerprint density at radius 3 is 2.65 bits per heavy atom. The van der Waals surface area contributed by atoms with E-state index in [1.165, 1.54) is 31.7 Å². The van der Waals surface area contributed by atoms with Crippen LogP contribution in [-0.4, -0.2) is 68.7 Å². The van der Waals surface area contributed by atoms with Crippen molar-refractivity contribution in [2.75, 3.05) is 32.7 Å². The van der Waals surface area contributed by atoms with Gasteiger partial charge in [0.1, 0.15) is 0 Å². The Kier molecular flexibility index (Phi) is 6.90. The van der Waals surface area contributed by atoms with Crippen molar-refractivity contribution in [3.63, 3.8) is 0 Å². The van der Waals surface area contributed by atoms with Crippen molar-refractivity contribution in [2.45, 2.75) is 32.7 Å². The molecule has 4 heterocycles. The summed E-state index contributed by atoms with van der Waals surface area (Å²) < 4.78 is 0. The molecule has 1 aliphatic heterocycles. The van der Waals surface area contributed by atoms with Crippen LogP contribution in [0.25, 0.3) is 33.5 Å². The molecule has 0 bridgehead atoms. The number of H-pyrrole nitrogens is 1. The normalized spacial score (nSPS) is 15.4. The molecule has 0 unspecified atom stereocenters. The van der Waals surface area contributed by atoms with E-state index in [9.17, 15) is 0 Å². The zero-order valence-corrected chi connectivity index (χ0v) is 20.6. The number of nitrogens with one attached hydrogen (secondary N) is 1. The van der Waals surface area contributed by atoms with E-state index in [0.29, 0.717) is 11.1 Å². The summed E-state index contributed by atoms with van der Waals surface area (Å²) in [7, 11) is 0. The summed E-state index contributed by atoms with van der Waals surface area (Å²) in [6, 6.07) is 14.6. The predicted molar refractivity (Wildman–Crippen MR) is 139 cm³/mol. The number of piperazine rings is 1. The first kappa shape index (κ1) is 23.0. The number of benzene rings is 1. The van der Waals surface area contributed by atoms with Crippen LogP contribution in [0.2, 0.25) is 5.02 Å². The zero-order chi connectivity index (χ0) is 23.5. The lowest BCUT2D eigenvalue weighted by atomic mass is 10.0. The van der Waals surface area contributed by atoms with E-state index in [4.69, 9.17) is 16.6 Å². The van der Waals surface area contributed by atoms with Gasteiger partial charge in [-0.15, -0.1) is 0 Å². The summed E-state index contributed by atoms with van der Waals surface area (Å²) >= 11 is 6.20. The van der Waals surface area contributed by atoms with Crippen LogP contribution in [0.15, 0.2) is 54.9 Å². The van der Waals surface area contributed by atoms with E-state index in [0.717, 1.165) is 52.9 Å². The van der Waals surface area contributed by atoms with Crippen LogP contribution in [-0.2, 0) is 6.42 Å². The third-order valence-electron chi connectivity index (χ3n) is 6.70. The molecule has 5 rings (SSSR count). The van der Waals surface area contributed by atoms with Crippen molar-refractivity contribution >= 4 is 22.6 Å². The first-order chi connectivity index (χ1) is 16.6. The van der Waals surface area contributed by atoms with E-state index in [2.05, 4.69) is 44.9 Å². The molecule has 0 aliphatic carbocycles. The van der Waals surface area contributed by atoms with E-state index in [1.54, 1.807) is 0 Å². The number of aryl methyl sites for hydroxylation is 1. The minimum absolute atomic E-state index is 0.645. The fourth-order valence-electron chi connectivity index (χ4n) is 4.69. The number of hydrogen-bond acceptors (Lipinski definition) is 5. The highest BCUT2D eigenvalue weighted by Crippen LogP contribution is 2.31. The predicted octanol–water partition coefficient (Wildman–Crippen LogP) is 5.30. The second kappa shape index (κ2) is 10.2. The van der Waals surface area contributed by atoms with Crippen LogP contribution in [0.1, 0.15) is 25.8 Å². The van der Waals surface area contributed by atoms with E-state index < -0.39 is 0 Å². The topological polar surface area (TPSA) is 60.9 Å². The molecule has 0 saturated carbocycles. The molecular formula is C27H31ClN6. The molecule has 0 atom stereocenters. The van der Waals surface area contributed by atoms with Gasteiger partial charge in [-0.1, -0.05) is 23.7 Å². The number of fused-ring (bicyclic) bond motifs is 1. The van der Waals surface area contributed by atoms with Crippen molar-refractivity contribution in [1.82, 2.24) is 30.0 Å². The lowest BCUT2D eigenvalue weighted by molar-refractivity contribution is 0.108. The van der Waals surface area contributed by atoms with Crippen LogP contribution < -0.4 is 0 Å². The standard InChI is InChI=1S/C27H31ClN6/c1-19(2)34-13-11-33(12-14-34)10-4-5-20-15-26-25(29-17-20)9-8-24(31-26)23-18-30-32-27(23)21-6-3-7-22(28)16-21/h3,6-9,15-19H,4-5,10-14H2,1-2H3,(H,30,32). The molecule has 1 fully saturated rings. The van der Waals surface area contributed by atoms with Gasteiger partial charge in [0.15, 0.2) is 0 Å². The highest BCUT2D eigenvalue weighted by Gasteiger charge is 2.18. The lowest BCUT2D eigenvalue weighted by Crippen LogP contribution is -2.48. The van der Waals surface area contributed by atoms with Gasteiger partial charge >= 0.3 is 0 Å². The van der Waals surface area contributed by atoms with Crippen molar-refractivity contribution in [1.29, 1.82) is 0 Å². The number of aromatic amines is 1. The Morgan fingerprint density at radius 2 is 1.85 bits per heavy atom. The molecule has 3 aromatic heterocycles. The molecule has 34 heavy (non-hydrogen) atoms. The second-order valence-electron chi connectivity index (χ2n) is 9.32. The maximum absolute atomic E-state index is 6.20. The Balaban J connectivity index is 1.28. The number of pyridine rings is 2. The van der Waals surface area contributed by atoms with Crippen LogP contribution in [0.4, 0.5) is 0 Å². The zero-order valence-electron chi connectivity index (χ0n) is 19.8. The van der Waals surface area contributed by atoms with E-state index in [1.807, 2.05) is 48.8 Å². The number of hydrogen-bond donors (Lipinski definition) is 1. The lowest BCUT2D eigenvalue weighted by Gasteiger charge is -2.36. The number of aromatic nitrogens is 4. The molecule has 0 radical (unpaired) electrons. The van der Waals surface area contributed by atoms with Crippen molar-refractivity contribution in [2.24, 2.45) is 0 Å². The maximum atomic E-state index is 6.20. The van der Waals surface area contributed by atoms with Crippen molar-refractivity contribution < 1.29 is 0 Å². The number of nitrogens with zero attached hydrogens (tertiary/aromatic N) is 5.